The maximum Gasteiger partial charge on any atom is 0.163 e. The average molecular weight is 221 g/mol. The van der Waals surface area contributed by atoms with Crippen LogP contribution in [0.5, 0.6) is 11.5 Å². The summed E-state index contributed by atoms with van der Waals surface area (Å²) in [5.74, 6) is 1.59. The molecule has 1 saturated carbocycles. The average Bonchev–Trinajstić information content (AvgIpc) is 2.96. The van der Waals surface area contributed by atoms with Crippen molar-refractivity contribution in [2.24, 2.45) is 5.73 Å². The second kappa shape index (κ2) is 3.67. The first kappa shape index (κ1) is 11.3. The van der Waals surface area contributed by atoms with Crippen LogP contribution in [0.1, 0.15) is 29.5 Å². The predicted octanol–water partition coefficient (Wildman–Crippen LogP) is 2.27. The molecule has 1 fully saturated rings. The van der Waals surface area contributed by atoms with Crippen molar-refractivity contribution in [3.8, 4) is 11.5 Å². The highest BCUT2D eigenvalue weighted by atomic mass is 16.5. The molecule has 0 amide bonds. The molecule has 16 heavy (non-hydrogen) atoms. The van der Waals surface area contributed by atoms with Gasteiger partial charge >= 0.3 is 0 Å². The first-order chi connectivity index (χ1) is 7.53. The number of hydrogen-bond acceptors (Lipinski definition) is 3. The largest absolute Gasteiger partial charge is 0.493 e. The van der Waals surface area contributed by atoms with Gasteiger partial charge in [-0.3, -0.25) is 0 Å². The van der Waals surface area contributed by atoms with E-state index in [2.05, 4.69) is 13.8 Å². The van der Waals surface area contributed by atoms with Crippen LogP contribution in [-0.2, 0) is 5.54 Å². The molecular weight excluding hydrogens is 202 g/mol. The molecule has 1 aromatic carbocycles. The third-order valence-electron chi connectivity index (χ3n) is 3.39. The van der Waals surface area contributed by atoms with Crippen LogP contribution in [0.3, 0.4) is 0 Å². The van der Waals surface area contributed by atoms with Crippen LogP contribution < -0.4 is 15.2 Å². The Morgan fingerprint density at radius 3 is 2.25 bits per heavy atom. The molecule has 88 valence electrons. The number of aryl methyl sites for hydroxylation is 1. The number of hydrogen-bond donors (Lipinski definition) is 1. The predicted molar refractivity (Wildman–Crippen MR) is 64.1 cm³/mol. The lowest BCUT2D eigenvalue weighted by atomic mass is 9.93. The molecule has 2 rings (SSSR count). The Balaban J connectivity index is 2.62. The van der Waals surface area contributed by atoms with E-state index >= 15 is 0 Å². The van der Waals surface area contributed by atoms with Crippen LogP contribution in [0.25, 0.3) is 0 Å². The van der Waals surface area contributed by atoms with Gasteiger partial charge in [0, 0.05) is 11.1 Å². The third-order valence-corrected chi connectivity index (χ3v) is 3.39. The molecule has 1 aliphatic rings. The number of benzene rings is 1. The fourth-order valence-corrected chi connectivity index (χ4v) is 2.48. The standard InChI is InChI=1S/C13H19NO2/c1-8-7-10(15-3)12(16-4)9(2)11(8)13(14)5-6-13/h7H,5-6,14H2,1-4H3. The van der Waals surface area contributed by atoms with Gasteiger partial charge in [0.2, 0.25) is 0 Å². The Morgan fingerprint density at radius 2 is 1.81 bits per heavy atom. The quantitative estimate of drug-likeness (QED) is 0.851. The minimum Gasteiger partial charge on any atom is -0.493 e. The van der Waals surface area contributed by atoms with Gasteiger partial charge < -0.3 is 15.2 Å². The van der Waals surface area contributed by atoms with Crippen LogP contribution in [0.2, 0.25) is 0 Å². The van der Waals surface area contributed by atoms with E-state index in [9.17, 15) is 0 Å². The maximum atomic E-state index is 6.29. The third kappa shape index (κ3) is 1.55. The lowest BCUT2D eigenvalue weighted by molar-refractivity contribution is 0.351. The van der Waals surface area contributed by atoms with E-state index in [-0.39, 0.29) is 5.54 Å². The molecule has 0 atom stereocenters. The van der Waals surface area contributed by atoms with Crippen molar-refractivity contribution in [3.05, 3.63) is 22.8 Å². The molecule has 0 aliphatic heterocycles. The Kier molecular flexibility index (Phi) is 2.58. The van der Waals surface area contributed by atoms with Crippen molar-refractivity contribution in [2.45, 2.75) is 32.2 Å². The number of nitrogens with two attached hydrogens (primary N) is 1. The highest BCUT2D eigenvalue weighted by Gasteiger charge is 2.43. The van der Waals surface area contributed by atoms with Gasteiger partial charge in [-0.2, -0.15) is 0 Å². The molecule has 1 aromatic rings. The fourth-order valence-electron chi connectivity index (χ4n) is 2.48. The van der Waals surface area contributed by atoms with Gasteiger partial charge in [-0.05, 0) is 43.9 Å². The van der Waals surface area contributed by atoms with Gasteiger partial charge in [0.1, 0.15) is 0 Å². The summed E-state index contributed by atoms with van der Waals surface area (Å²) < 4.78 is 10.7. The van der Waals surface area contributed by atoms with Crippen LogP contribution in [0.4, 0.5) is 0 Å². The summed E-state index contributed by atoms with van der Waals surface area (Å²) >= 11 is 0. The lowest BCUT2D eigenvalue weighted by Gasteiger charge is -2.20. The summed E-state index contributed by atoms with van der Waals surface area (Å²) in [6.07, 6.45) is 2.12. The summed E-state index contributed by atoms with van der Waals surface area (Å²) in [5.41, 5.74) is 9.68. The Morgan fingerprint density at radius 1 is 1.19 bits per heavy atom. The van der Waals surface area contributed by atoms with E-state index in [4.69, 9.17) is 15.2 Å². The highest BCUT2D eigenvalue weighted by Crippen LogP contribution is 2.49. The normalized spacial score (nSPS) is 17.1. The van der Waals surface area contributed by atoms with Crippen molar-refractivity contribution in [1.82, 2.24) is 0 Å². The molecule has 0 saturated heterocycles. The van der Waals surface area contributed by atoms with Crippen molar-refractivity contribution in [3.63, 3.8) is 0 Å². The summed E-state index contributed by atoms with van der Waals surface area (Å²) in [7, 11) is 3.33. The Labute approximate surface area is 96.5 Å². The second-order valence-electron chi connectivity index (χ2n) is 4.59. The van der Waals surface area contributed by atoms with Crippen molar-refractivity contribution < 1.29 is 9.47 Å². The highest BCUT2D eigenvalue weighted by molar-refractivity contribution is 5.57. The molecule has 0 spiro atoms. The van der Waals surface area contributed by atoms with Crippen molar-refractivity contribution in [1.29, 1.82) is 0 Å². The number of rotatable bonds is 3. The summed E-state index contributed by atoms with van der Waals surface area (Å²) in [5, 5.41) is 0. The van der Waals surface area contributed by atoms with E-state index < -0.39 is 0 Å². The van der Waals surface area contributed by atoms with Gasteiger partial charge in [0.25, 0.3) is 0 Å². The van der Waals surface area contributed by atoms with E-state index in [1.165, 1.54) is 11.1 Å². The second-order valence-corrected chi connectivity index (χ2v) is 4.59. The molecular formula is C13H19NO2. The van der Waals surface area contributed by atoms with Gasteiger partial charge in [-0.1, -0.05) is 0 Å². The van der Waals surface area contributed by atoms with E-state index in [0.717, 1.165) is 29.9 Å². The zero-order valence-corrected chi connectivity index (χ0v) is 10.4. The first-order valence-electron chi connectivity index (χ1n) is 5.55. The van der Waals surface area contributed by atoms with Crippen molar-refractivity contribution >= 4 is 0 Å². The molecule has 0 heterocycles. The van der Waals surface area contributed by atoms with Crippen LogP contribution >= 0.6 is 0 Å². The molecule has 2 N–H and O–H groups in total. The Hall–Kier alpha value is -1.22. The van der Waals surface area contributed by atoms with Gasteiger partial charge in [-0.25, -0.2) is 0 Å². The van der Waals surface area contributed by atoms with E-state index in [1.54, 1.807) is 14.2 Å². The molecule has 0 radical (unpaired) electrons. The van der Waals surface area contributed by atoms with Crippen molar-refractivity contribution in [2.75, 3.05) is 14.2 Å². The van der Waals surface area contributed by atoms with Crippen LogP contribution in [0, 0.1) is 13.8 Å². The Bertz CT molecular complexity index is 422. The first-order valence-corrected chi connectivity index (χ1v) is 5.55. The van der Waals surface area contributed by atoms with Gasteiger partial charge in [0.15, 0.2) is 11.5 Å². The smallest absolute Gasteiger partial charge is 0.163 e. The van der Waals surface area contributed by atoms with Crippen LogP contribution in [0.15, 0.2) is 6.07 Å². The topological polar surface area (TPSA) is 44.5 Å². The molecule has 3 nitrogen and oxygen atoms in total. The maximum absolute atomic E-state index is 6.29. The lowest BCUT2D eigenvalue weighted by Crippen LogP contribution is -2.22. The molecule has 0 unspecified atom stereocenters. The zero-order valence-electron chi connectivity index (χ0n) is 10.4. The van der Waals surface area contributed by atoms with Gasteiger partial charge in [0.05, 0.1) is 14.2 Å². The van der Waals surface area contributed by atoms with Gasteiger partial charge in [-0.15, -0.1) is 0 Å². The summed E-state index contributed by atoms with van der Waals surface area (Å²) in [6, 6.07) is 2.01. The molecule has 1 aliphatic carbocycles. The molecule has 0 bridgehead atoms. The molecule has 3 heteroatoms. The van der Waals surface area contributed by atoms with E-state index in [0.29, 0.717) is 0 Å². The minimum atomic E-state index is -0.131. The van der Waals surface area contributed by atoms with E-state index in [1.807, 2.05) is 6.07 Å². The van der Waals surface area contributed by atoms with Crippen LogP contribution in [-0.4, -0.2) is 14.2 Å². The fraction of sp³-hybridized carbons (Fsp3) is 0.538. The number of ether oxygens (including phenoxy) is 2. The SMILES string of the molecule is COc1cc(C)c(C2(N)CC2)c(C)c1OC. The minimum absolute atomic E-state index is 0.131. The number of methoxy groups -OCH3 is 2. The molecule has 0 aromatic heterocycles. The summed E-state index contributed by atoms with van der Waals surface area (Å²) in [4.78, 5) is 0. The zero-order chi connectivity index (χ0) is 11.9. The monoisotopic (exact) mass is 221 g/mol. The summed E-state index contributed by atoms with van der Waals surface area (Å²) in [6.45, 7) is 4.13.